The predicted molar refractivity (Wildman–Crippen MR) is 295 cm³/mol. The maximum absolute atomic E-state index is 13.1. The van der Waals surface area contributed by atoms with Crippen molar-refractivity contribution in [2.24, 2.45) is 5.92 Å². The topological polar surface area (TPSA) is 333 Å². The van der Waals surface area contributed by atoms with Crippen LogP contribution in [0.3, 0.4) is 0 Å². The van der Waals surface area contributed by atoms with E-state index in [1.54, 1.807) is 41.8 Å². The van der Waals surface area contributed by atoms with Gasteiger partial charge in [0.15, 0.2) is 5.75 Å². The van der Waals surface area contributed by atoms with Crippen molar-refractivity contribution < 1.29 is 81.5 Å². The molecule has 1 aromatic rings. The fourth-order valence-corrected chi connectivity index (χ4v) is 8.45. The average molecular weight is 1230 g/mol. The summed E-state index contributed by atoms with van der Waals surface area (Å²) in [4.78, 5) is 105. The number of hydrogen-bond acceptors (Lipinski definition) is 15. The second kappa shape index (κ2) is 47.6. The van der Waals surface area contributed by atoms with Crippen molar-refractivity contribution >= 4 is 76.1 Å². The second-order valence-corrected chi connectivity index (χ2v) is 20.2. The molecule has 25 heteroatoms. The molecular formula is C52H87IN6O17P+. The number of aliphatic carboxylic acids is 2. The third-order valence-electron chi connectivity index (χ3n) is 11.9. The van der Waals surface area contributed by atoms with Crippen molar-refractivity contribution in [1.29, 1.82) is 0 Å². The minimum Gasteiger partial charge on any atom is -0.481 e. The lowest BCUT2D eigenvalue weighted by Crippen LogP contribution is -2.45. The number of benzene rings is 1. The van der Waals surface area contributed by atoms with E-state index in [9.17, 15) is 48.0 Å². The molecule has 1 rings (SSSR count). The summed E-state index contributed by atoms with van der Waals surface area (Å²) in [5, 5.41) is 34.7. The zero-order chi connectivity index (χ0) is 56.7. The number of carboxylic acids is 2. The van der Waals surface area contributed by atoms with Crippen molar-refractivity contribution in [3.05, 3.63) is 29.8 Å². The molecule has 4 atom stereocenters. The van der Waals surface area contributed by atoms with E-state index in [-0.39, 0.29) is 137 Å². The van der Waals surface area contributed by atoms with Crippen LogP contribution < -0.4 is 36.4 Å². The Bertz CT molecular complexity index is 1850. The van der Waals surface area contributed by atoms with Gasteiger partial charge in [-0.25, -0.2) is 9.32 Å². The van der Waals surface area contributed by atoms with Crippen LogP contribution in [0.5, 0.6) is 5.75 Å². The maximum Gasteiger partial charge on any atom is 0.747 e. The summed E-state index contributed by atoms with van der Waals surface area (Å²) in [6.45, 7) is 1.96. The Kier molecular flexibility index (Phi) is 43.6. The van der Waals surface area contributed by atoms with E-state index in [2.05, 4.69) is 31.9 Å². The van der Waals surface area contributed by atoms with Gasteiger partial charge in [-0.3, -0.25) is 33.6 Å². The molecule has 0 aromatic heterocycles. The largest absolute Gasteiger partial charge is 0.747 e. The number of carbonyl (C=O) groups excluding carboxylic acids is 6. The molecule has 1 unspecified atom stereocenters. The number of halogens is 1. The Morgan fingerprint density at radius 2 is 1.04 bits per heavy atom. The smallest absolute Gasteiger partial charge is 0.481 e. The maximum atomic E-state index is 13.1. The minimum absolute atomic E-state index is 0.0424. The lowest BCUT2D eigenvalue weighted by molar-refractivity contribution is -0.142. The molecule has 5 amide bonds. The van der Waals surface area contributed by atoms with Crippen LogP contribution in [0, 0.1) is 5.92 Å². The van der Waals surface area contributed by atoms with Gasteiger partial charge >= 0.3 is 20.2 Å². The van der Waals surface area contributed by atoms with Gasteiger partial charge < -0.3 is 61.1 Å². The monoisotopic (exact) mass is 1230 g/mol. The molecule has 0 bridgehead atoms. The number of carbonyl (C=O) groups is 8. The van der Waals surface area contributed by atoms with Gasteiger partial charge in [-0.1, -0.05) is 95.6 Å². The number of rotatable bonds is 52. The molecule has 0 spiro atoms. The van der Waals surface area contributed by atoms with Gasteiger partial charge in [0.1, 0.15) is 25.3 Å². The molecule has 0 aliphatic heterocycles. The van der Waals surface area contributed by atoms with Gasteiger partial charge in [0.2, 0.25) is 33.3 Å². The van der Waals surface area contributed by atoms with E-state index in [0.29, 0.717) is 38.8 Å². The SMILES string of the molecule is CNC[C@@H](CCCCNC(=O)COCCOCCNC(=O)COCCOCCNC(=O)CC[C@H](NC(=O)CCCCCCCCCCCCCCCCC(=O)O)C(=O)O)C(=O)N[C@@H](Cc1ccc(O[P+](=O)O)cc1)C(=O)I. The molecule has 0 aliphatic carbocycles. The van der Waals surface area contributed by atoms with Crippen LogP contribution in [-0.4, -0.2) is 159 Å². The Balaban J connectivity index is 2.01. The first-order valence-electron chi connectivity index (χ1n) is 27.0. The molecule has 0 saturated carbocycles. The zero-order valence-electron chi connectivity index (χ0n) is 45.0. The fraction of sp³-hybridized carbons (Fsp3) is 0.731. The zero-order valence-corrected chi connectivity index (χ0v) is 48.0. The van der Waals surface area contributed by atoms with Crippen LogP contribution in [0.25, 0.3) is 0 Å². The van der Waals surface area contributed by atoms with E-state index >= 15 is 0 Å². The molecule has 77 heavy (non-hydrogen) atoms. The fourth-order valence-electron chi connectivity index (χ4n) is 7.77. The van der Waals surface area contributed by atoms with Crippen molar-refractivity contribution in [2.45, 2.75) is 153 Å². The van der Waals surface area contributed by atoms with E-state index in [1.807, 2.05) is 0 Å². The highest BCUT2D eigenvalue weighted by molar-refractivity contribution is 14.1. The van der Waals surface area contributed by atoms with Crippen molar-refractivity contribution in [3.63, 3.8) is 0 Å². The summed E-state index contributed by atoms with van der Waals surface area (Å²) >= 11 is 1.65. The minimum atomic E-state index is -2.79. The Morgan fingerprint density at radius 1 is 0.545 bits per heavy atom. The van der Waals surface area contributed by atoms with Gasteiger partial charge in [0.05, 0.1) is 45.6 Å². The van der Waals surface area contributed by atoms with Crippen molar-refractivity contribution in [3.8, 4) is 5.75 Å². The Morgan fingerprint density at radius 3 is 1.53 bits per heavy atom. The molecule has 0 aliphatic rings. The molecule has 9 N–H and O–H groups in total. The quantitative estimate of drug-likeness (QED) is 0.0183. The number of amides is 5. The summed E-state index contributed by atoms with van der Waals surface area (Å²) in [5.74, 6) is -3.74. The van der Waals surface area contributed by atoms with Gasteiger partial charge in [0, 0.05) is 79.0 Å². The molecule has 23 nitrogen and oxygen atoms in total. The highest BCUT2D eigenvalue weighted by Gasteiger charge is 2.25. The third-order valence-corrected chi connectivity index (χ3v) is 13.1. The van der Waals surface area contributed by atoms with Crippen molar-refractivity contribution in [1.82, 2.24) is 31.9 Å². The first-order chi connectivity index (χ1) is 37.1. The summed E-state index contributed by atoms with van der Waals surface area (Å²) in [7, 11) is -1.06. The standard InChI is InChI=1S/C52H86IN6O17P/c1-54-37-41(51(67)59-44(50(53)66)36-40-21-23-42(24-22-40)76-77(70)71)18-16-17-27-55-47(62)38-74-34-33-73-31-29-57-48(63)39-75-35-32-72-30-28-56-45(60)26-25-43(52(68)69)58-46(61)19-14-12-10-8-6-4-2-3-5-7-9-11-13-15-20-49(64)65/h21-24,41,43-44,54H,2-20,25-39H2,1H3,(H7-,55,56,57,58,59,60,61,62,63,64,65,67,68,69,70,71)/p+1/t41-,43+,44+/m1/s1. The highest BCUT2D eigenvalue weighted by Crippen LogP contribution is 2.23. The summed E-state index contributed by atoms with van der Waals surface area (Å²) < 4.78 is 36.9. The number of nitrogens with one attached hydrogen (secondary N) is 6. The van der Waals surface area contributed by atoms with Gasteiger partial charge in [0.25, 0.3) is 0 Å². The first kappa shape index (κ1) is 70.6. The van der Waals surface area contributed by atoms with E-state index < -0.39 is 38.2 Å². The summed E-state index contributed by atoms with van der Waals surface area (Å²) in [5.41, 5.74) is 0.735. The average Bonchev–Trinajstić information content (AvgIpc) is 3.38. The van der Waals surface area contributed by atoms with E-state index in [4.69, 9.17) is 33.5 Å². The molecule has 0 saturated heterocycles. The van der Waals surface area contributed by atoms with E-state index in [1.165, 1.54) is 50.7 Å². The number of unbranched alkanes of at least 4 members (excludes halogenated alkanes) is 14. The molecule has 0 heterocycles. The molecule has 0 radical (unpaired) electrons. The molecule has 438 valence electrons. The number of hydrogen-bond donors (Lipinski definition) is 9. The normalized spacial score (nSPS) is 12.4. The van der Waals surface area contributed by atoms with Crippen LogP contribution in [0.1, 0.15) is 140 Å². The molecule has 0 fully saturated rings. The Hall–Kier alpha value is -4.43. The van der Waals surface area contributed by atoms with Crippen LogP contribution in [0.15, 0.2) is 24.3 Å². The van der Waals surface area contributed by atoms with Crippen LogP contribution in [0.2, 0.25) is 0 Å². The van der Waals surface area contributed by atoms with Crippen LogP contribution >= 0.6 is 30.8 Å². The molecule has 1 aromatic carbocycles. The summed E-state index contributed by atoms with van der Waals surface area (Å²) in [6, 6.07) is 4.41. The molecular weight excluding hydrogens is 1140 g/mol. The number of carboxylic acid groups (broad SMARTS) is 2. The number of ether oxygens (including phenoxy) is 4. The predicted octanol–water partition coefficient (Wildman–Crippen LogP) is 4.80. The van der Waals surface area contributed by atoms with Crippen molar-refractivity contribution in [2.75, 3.05) is 86.1 Å². The van der Waals surface area contributed by atoms with Gasteiger partial charge in [-0.05, 0) is 56.8 Å². The third kappa shape index (κ3) is 42.2. The Labute approximate surface area is 468 Å². The second-order valence-electron chi connectivity index (χ2n) is 18.5. The van der Waals surface area contributed by atoms with Gasteiger partial charge in [-0.2, -0.15) is 0 Å². The van der Waals surface area contributed by atoms with E-state index in [0.717, 1.165) is 50.5 Å². The van der Waals surface area contributed by atoms with Crippen LogP contribution in [-0.2, 0) is 68.3 Å². The summed E-state index contributed by atoms with van der Waals surface area (Å²) in [6.07, 6.45) is 17.3. The van der Waals surface area contributed by atoms with Gasteiger partial charge in [-0.15, -0.1) is 4.89 Å². The lowest BCUT2D eigenvalue weighted by atomic mass is 9.99. The first-order valence-corrected chi connectivity index (χ1v) is 29.2. The van der Waals surface area contributed by atoms with Crippen LogP contribution in [0.4, 0.5) is 0 Å². The highest BCUT2D eigenvalue weighted by atomic mass is 127. The lowest BCUT2D eigenvalue weighted by Gasteiger charge is -2.21.